The lowest BCUT2D eigenvalue weighted by molar-refractivity contribution is 0.414. The van der Waals surface area contributed by atoms with Crippen LogP contribution in [0, 0.1) is 11.3 Å². The molecule has 0 atom stereocenters. The third kappa shape index (κ3) is 1.60. The van der Waals surface area contributed by atoms with Crippen LogP contribution in [0.1, 0.15) is 9.68 Å². The van der Waals surface area contributed by atoms with E-state index in [4.69, 9.17) is 25.7 Å². The fourth-order valence-corrected chi connectivity index (χ4v) is 1.56. The summed E-state index contributed by atoms with van der Waals surface area (Å²) in [4.78, 5) is 3.89. The van der Waals surface area contributed by atoms with E-state index in [0.29, 0.717) is 10.8 Å². The van der Waals surface area contributed by atoms with Gasteiger partial charge in [-0.25, -0.2) is 4.98 Å². The maximum Gasteiger partial charge on any atom is 0.137 e. The number of nitrogens with zero attached hydrogens (tertiary/aromatic N) is 2. The summed E-state index contributed by atoms with van der Waals surface area (Å²) in [5, 5.41) is 10.4. The molecule has 1 heterocycles. The Morgan fingerprint density at radius 3 is 3.20 bits per heavy atom. The second kappa shape index (κ2) is 3.76. The highest BCUT2D eigenvalue weighted by atomic mass is 35.5. The molecule has 74 valence electrons. The summed E-state index contributed by atoms with van der Waals surface area (Å²) in [5.41, 5.74) is 0.140. The molecule has 0 amide bonds. The molecular formula is C11H7ClN2O. The summed E-state index contributed by atoms with van der Waals surface area (Å²) < 4.78 is 25.9. The Hall–Kier alpha value is -1.79. The van der Waals surface area contributed by atoms with Gasteiger partial charge in [0.25, 0.3) is 0 Å². The third-order valence-corrected chi connectivity index (χ3v) is 2.35. The number of nitriles is 1. The van der Waals surface area contributed by atoms with Crippen LogP contribution in [0.2, 0.25) is 5.15 Å². The van der Waals surface area contributed by atoms with E-state index in [2.05, 4.69) is 4.98 Å². The SMILES string of the molecule is [2H]C([2H])([2H])Oc1cc2c(Cl)nccc2cc1C#N. The fraction of sp³-hybridized carbons (Fsp3) is 0.0909. The van der Waals surface area contributed by atoms with E-state index < -0.39 is 7.04 Å². The quantitative estimate of drug-likeness (QED) is 0.696. The average Bonchev–Trinajstić information content (AvgIpc) is 2.27. The smallest absolute Gasteiger partial charge is 0.137 e. The second-order valence-electron chi connectivity index (χ2n) is 2.89. The van der Waals surface area contributed by atoms with Crippen molar-refractivity contribution in [2.45, 2.75) is 0 Å². The minimum Gasteiger partial charge on any atom is -0.495 e. The monoisotopic (exact) mass is 221 g/mol. The van der Waals surface area contributed by atoms with Crippen molar-refractivity contribution in [3.63, 3.8) is 0 Å². The molecule has 0 bridgehead atoms. The Balaban J connectivity index is 2.65. The summed E-state index contributed by atoms with van der Waals surface area (Å²) in [6, 6.07) is 6.50. The van der Waals surface area contributed by atoms with E-state index >= 15 is 0 Å². The van der Waals surface area contributed by atoms with Gasteiger partial charge in [0.2, 0.25) is 0 Å². The number of fused-ring (bicyclic) bond motifs is 1. The van der Waals surface area contributed by atoms with Crippen molar-refractivity contribution in [2.75, 3.05) is 7.04 Å². The van der Waals surface area contributed by atoms with Crippen molar-refractivity contribution in [1.29, 1.82) is 5.26 Å². The average molecular weight is 222 g/mol. The molecule has 0 radical (unpaired) electrons. The minimum atomic E-state index is -2.62. The van der Waals surface area contributed by atoms with Gasteiger partial charge >= 0.3 is 0 Å². The molecule has 0 spiro atoms. The van der Waals surface area contributed by atoms with Gasteiger partial charge in [-0.15, -0.1) is 0 Å². The zero-order valence-electron chi connectivity index (χ0n) is 10.5. The Morgan fingerprint density at radius 2 is 2.47 bits per heavy atom. The van der Waals surface area contributed by atoms with E-state index in [9.17, 15) is 0 Å². The summed E-state index contributed by atoms with van der Waals surface area (Å²) in [6.45, 7) is 0. The second-order valence-corrected chi connectivity index (χ2v) is 3.24. The van der Waals surface area contributed by atoms with Crippen LogP contribution >= 0.6 is 11.6 Å². The van der Waals surface area contributed by atoms with Crippen LogP contribution < -0.4 is 4.74 Å². The van der Waals surface area contributed by atoms with Gasteiger partial charge in [0.05, 0.1) is 16.7 Å². The van der Waals surface area contributed by atoms with Gasteiger partial charge in [0, 0.05) is 11.6 Å². The number of halogens is 1. The molecule has 0 aliphatic carbocycles. The van der Waals surface area contributed by atoms with Crippen molar-refractivity contribution < 1.29 is 8.85 Å². The highest BCUT2D eigenvalue weighted by Crippen LogP contribution is 2.28. The molecule has 4 heteroatoms. The van der Waals surface area contributed by atoms with E-state index in [1.807, 2.05) is 6.07 Å². The molecule has 0 N–H and O–H groups in total. The normalized spacial score (nSPS) is 13.7. The van der Waals surface area contributed by atoms with Gasteiger partial charge in [-0.2, -0.15) is 5.26 Å². The largest absolute Gasteiger partial charge is 0.495 e. The predicted octanol–water partition coefficient (Wildman–Crippen LogP) is 2.77. The lowest BCUT2D eigenvalue weighted by atomic mass is 10.1. The molecule has 15 heavy (non-hydrogen) atoms. The van der Waals surface area contributed by atoms with Crippen molar-refractivity contribution in [3.05, 3.63) is 35.1 Å². The van der Waals surface area contributed by atoms with Crippen molar-refractivity contribution in [1.82, 2.24) is 4.98 Å². The molecule has 3 nitrogen and oxygen atoms in total. The molecule has 0 fully saturated rings. The zero-order valence-corrected chi connectivity index (χ0v) is 8.25. The topological polar surface area (TPSA) is 45.9 Å². The first-order valence-electron chi connectivity index (χ1n) is 5.58. The molecule has 1 aromatic carbocycles. The minimum absolute atomic E-state index is 0.0279. The first-order valence-corrected chi connectivity index (χ1v) is 4.46. The molecule has 0 aliphatic heterocycles. The number of hydrogen-bond donors (Lipinski definition) is 0. The zero-order chi connectivity index (χ0) is 13.3. The first-order chi connectivity index (χ1) is 8.40. The highest BCUT2D eigenvalue weighted by molar-refractivity contribution is 6.34. The standard InChI is InChI=1S/C11H7ClN2O/c1-15-10-5-9-7(4-8(10)6-13)2-3-14-11(9)12/h2-5H,1H3/i1D3. The lowest BCUT2D eigenvalue weighted by Gasteiger charge is -2.05. The highest BCUT2D eigenvalue weighted by Gasteiger charge is 2.07. The van der Waals surface area contributed by atoms with Crippen LogP contribution in [0.25, 0.3) is 10.8 Å². The number of ether oxygens (including phenoxy) is 1. The summed E-state index contributed by atoms with van der Waals surface area (Å²) >= 11 is 5.91. The molecule has 2 rings (SSSR count). The molecule has 2 aromatic rings. The Morgan fingerprint density at radius 1 is 1.60 bits per heavy atom. The van der Waals surface area contributed by atoms with Gasteiger partial charge in [-0.3, -0.25) is 0 Å². The van der Waals surface area contributed by atoms with Crippen molar-refractivity contribution in [2.24, 2.45) is 0 Å². The maximum atomic E-state index is 8.98. The Kier molecular flexibility index (Phi) is 1.67. The lowest BCUT2D eigenvalue weighted by Crippen LogP contribution is -1.89. The fourth-order valence-electron chi connectivity index (χ4n) is 1.34. The number of aromatic nitrogens is 1. The predicted molar refractivity (Wildman–Crippen MR) is 58.0 cm³/mol. The molecule has 0 saturated heterocycles. The van der Waals surface area contributed by atoms with Crippen LogP contribution in [0.5, 0.6) is 5.75 Å². The van der Waals surface area contributed by atoms with E-state index in [-0.39, 0.29) is 16.5 Å². The number of rotatable bonds is 1. The van der Waals surface area contributed by atoms with Crippen LogP contribution in [0.4, 0.5) is 0 Å². The van der Waals surface area contributed by atoms with Gasteiger partial charge in [-0.1, -0.05) is 11.6 Å². The van der Waals surface area contributed by atoms with E-state index in [0.717, 1.165) is 0 Å². The summed E-state index contributed by atoms with van der Waals surface area (Å²) in [7, 11) is -2.62. The van der Waals surface area contributed by atoms with Crippen LogP contribution in [0.3, 0.4) is 0 Å². The number of benzene rings is 1. The third-order valence-electron chi connectivity index (χ3n) is 2.05. The number of methoxy groups -OCH3 is 1. The molecule has 1 aromatic heterocycles. The van der Waals surface area contributed by atoms with Gasteiger partial charge in [-0.05, 0) is 23.6 Å². The molecule has 0 unspecified atom stereocenters. The molecule has 0 aliphatic rings. The van der Waals surface area contributed by atoms with Gasteiger partial charge in [0.15, 0.2) is 0 Å². The number of hydrogen-bond acceptors (Lipinski definition) is 3. The van der Waals surface area contributed by atoms with Gasteiger partial charge in [0.1, 0.15) is 17.0 Å². The van der Waals surface area contributed by atoms with Crippen LogP contribution in [-0.4, -0.2) is 12.0 Å². The molecular weight excluding hydrogens is 212 g/mol. The van der Waals surface area contributed by atoms with Gasteiger partial charge < -0.3 is 4.74 Å². The van der Waals surface area contributed by atoms with Crippen molar-refractivity contribution >= 4 is 22.4 Å². The Labute approximate surface area is 96.1 Å². The number of pyridine rings is 1. The molecule has 0 saturated carbocycles. The Bertz CT molecular complexity index is 649. The van der Waals surface area contributed by atoms with Crippen LogP contribution in [-0.2, 0) is 0 Å². The van der Waals surface area contributed by atoms with E-state index in [1.54, 1.807) is 6.07 Å². The summed E-state index contributed by atoms with van der Waals surface area (Å²) in [5.74, 6) is -0.0279. The summed E-state index contributed by atoms with van der Waals surface area (Å²) in [6.07, 6.45) is 1.51. The first kappa shape index (κ1) is 6.65. The van der Waals surface area contributed by atoms with Crippen LogP contribution in [0.15, 0.2) is 24.4 Å². The maximum absolute atomic E-state index is 8.98. The van der Waals surface area contributed by atoms with Crippen molar-refractivity contribution in [3.8, 4) is 11.8 Å². The van der Waals surface area contributed by atoms with E-state index in [1.165, 1.54) is 18.3 Å².